The number of nitriles is 1. The zero-order chi connectivity index (χ0) is 9.14. The van der Waals surface area contributed by atoms with E-state index in [2.05, 4.69) is 22.0 Å². The molecule has 0 radical (unpaired) electrons. The molecule has 3 heteroatoms. The Bertz CT molecular complexity index is 326. The van der Waals surface area contributed by atoms with E-state index in [-0.39, 0.29) is 6.04 Å². The van der Waals surface area contributed by atoms with Gasteiger partial charge < -0.3 is 5.73 Å². The van der Waals surface area contributed by atoms with Crippen molar-refractivity contribution < 1.29 is 0 Å². The van der Waals surface area contributed by atoms with Crippen LogP contribution in [0.25, 0.3) is 0 Å². The fourth-order valence-electron chi connectivity index (χ4n) is 0.912. The third-order valence-corrected chi connectivity index (χ3v) is 2.33. The fourth-order valence-corrected chi connectivity index (χ4v) is 1.25. The third-order valence-electron chi connectivity index (χ3n) is 1.64. The van der Waals surface area contributed by atoms with E-state index in [0.717, 1.165) is 10.0 Å². The Morgan fingerprint density at radius 2 is 2.25 bits per heavy atom. The zero-order valence-corrected chi connectivity index (χ0v) is 8.30. The number of nitrogens with zero attached hydrogens (tertiary/aromatic N) is 1. The van der Waals surface area contributed by atoms with Crippen molar-refractivity contribution in [3.05, 3.63) is 33.8 Å². The predicted octanol–water partition coefficient (Wildman–Crippen LogP) is 2.34. The lowest BCUT2D eigenvalue weighted by atomic mass is 10.1. The molecule has 0 amide bonds. The van der Waals surface area contributed by atoms with Gasteiger partial charge in [0, 0.05) is 10.5 Å². The zero-order valence-electron chi connectivity index (χ0n) is 6.71. The van der Waals surface area contributed by atoms with Gasteiger partial charge in [-0.15, -0.1) is 0 Å². The van der Waals surface area contributed by atoms with Crippen molar-refractivity contribution in [2.24, 2.45) is 5.73 Å². The van der Waals surface area contributed by atoms with E-state index in [1.165, 1.54) is 0 Å². The van der Waals surface area contributed by atoms with Crippen LogP contribution in [0.5, 0.6) is 0 Å². The van der Waals surface area contributed by atoms with E-state index < -0.39 is 0 Å². The average Bonchev–Trinajstić information content (AvgIpc) is 2.05. The SMILES string of the molecule is CC(N)c1ccc(Br)c(C#N)c1. The first-order chi connectivity index (χ1) is 5.65. The molecule has 0 spiro atoms. The van der Waals surface area contributed by atoms with Gasteiger partial charge in [-0.3, -0.25) is 0 Å². The second kappa shape index (κ2) is 3.70. The number of halogens is 1. The number of hydrogen-bond donors (Lipinski definition) is 1. The van der Waals surface area contributed by atoms with E-state index in [1.54, 1.807) is 6.07 Å². The van der Waals surface area contributed by atoms with Crippen molar-refractivity contribution in [3.8, 4) is 6.07 Å². The summed E-state index contributed by atoms with van der Waals surface area (Å²) in [6, 6.07) is 7.62. The molecule has 0 fully saturated rings. The van der Waals surface area contributed by atoms with Crippen LogP contribution in [0.4, 0.5) is 0 Å². The van der Waals surface area contributed by atoms with Crippen LogP contribution in [-0.2, 0) is 0 Å². The van der Waals surface area contributed by atoms with Gasteiger partial charge in [-0.1, -0.05) is 6.07 Å². The highest BCUT2D eigenvalue weighted by molar-refractivity contribution is 9.10. The Kier molecular flexibility index (Phi) is 2.85. The predicted molar refractivity (Wildman–Crippen MR) is 51.5 cm³/mol. The largest absolute Gasteiger partial charge is 0.324 e. The van der Waals surface area contributed by atoms with Gasteiger partial charge in [0.1, 0.15) is 6.07 Å². The molecule has 0 heterocycles. The maximum atomic E-state index is 8.70. The molecule has 0 aliphatic carbocycles. The third kappa shape index (κ3) is 1.84. The molecule has 1 rings (SSSR count). The molecule has 2 N–H and O–H groups in total. The molecule has 0 saturated carbocycles. The molecule has 62 valence electrons. The van der Waals surface area contributed by atoms with Crippen LogP contribution < -0.4 is 5.73 Å². The van der Waals surface area contributed by atoms with Crippen molar-refractivity contribution >= 4 is 15.9 Å². The number of rotatable bonds is 1. The molecule has 1 aromatic carbocycles. The molecule has 1 unspecified atom stereocenters. The summed E-state index contributed by atoms with van der Waals surface area (Å²) in [6.45, 7) is 1.89. The highest BCUT2D eigenvalue weighted by Crippen LogP contribution is 2.19. The topological polar surface area (TPSA) is 49.8 Å². The average molecular weight is 225 g/mol. The van der Waals surface area contributed by atoms with Crippen molar-refractivity contribution in [3.63, 3.8) is 0 Å². The van der Waals surface area contributed by atoms with Gasteiger partial charge >= 0.3 is 0 Å². The molecule has 2 nitrogen and oxygen atoms in total. The normalized spacial score (nSPS) is 12.2. The fraction of sp³-hybridized carbons (Fsp3) is 0.222. The molecule has 1 atom stereocenters. The molecule has 1 aromatic rings. The molecular weight excluding hydrogens is 216 g/mol. The van der Waals surface area contributed by atoms with Crippen LogP contribution in [0.1, 0.15) is 24.1 Å². The first kappa shape index (κ1) is 9.24. The standard InChI is InChI=1S/C9H9BrN2/c1-6(12)7-2-3-9(10)8(4-7)5-11/h2-4,6H,12H2,1H3. The van der Waals surface area contributed by atoms with E-state index in [4.69, 9.17) is 11.0 Å². The maximum absolute atomic E-state index is 8.70. The molecule has 0 aromatic heterocycles. The minimum absolute atomic E-state index is 0.0230. The van der Waals surface area contributed by atoms with E-state index in [1.807, 2.05) is 19.1 Å². The van der Waals surface area contributed by atoms with Crippen LogP contribution in [0.3, 0.4) is 0 Å². The second-order valence-electron chi connectivity index (χ2n) is 2.64. The smallest absolute Gasteiger partial charge is 0.100 e. The molecule has 0 aliphatic heterocycles. The summed E-state index contributed by atoms with van der Waals surface area (Å²) in [5.41, 5.74) is 7.27. The number of nitrogens with two attached hydrogens (primary N) is 1. The lowest BCUT2D eigenvalue weighted by molar-refractivity contribution is 0.817. The number of hydrogen-bond acceptors (Lipinski definition) is 2. The summed E-state index contributed by atoms with van der Waals surface area (Å²) >= 11 is 3.28. The summed E-state index contributed by atoms with van der Waals surface area (Å²) in [6.07, 6.45) is 0. The Balaban J connectivity index is 3.16. The minimum Gasteiger partial charge on any atom is -0.324 e. The Morgan fingerprint density at radius 3 is 2.75 bits per heavy atom. The summed E-state index contributed by atoms with van der Waals surface area (Å²) in [5.74, 6) is 0. The molecule has 0 bridgehead atoms. The van der Waals surface area contributed by atoms with Crippen LogP contribution in [0.15, 0.2) is 22.7 Å². The van der Waals surface area contributed by atoms with Gasteiger partial charge in [0.2, 0.25) is 0 Å². The molecular formula is C9H9BrN2. The van der Waals surface area contributed by atoms with Crippen LogP contribution in [-0.4, -0.2) is 0 Å². The van der Waals surface area contributed by atoms with Crippen LogP contribution >= 0.6 is 15.9 Å². The second-order valence-corrected chi connectivity index (χ2v) is 3.49. The van der Waals surface area contributed by atoms with E-state index in [9.17, 15) is 0 Å². The lowest BCUT2D eigenvalue weighted by Gasteiger charge is -2.05. The summed E-state index contributed by atoms with van der Waals surface area (Å²) < 4.78 is 0.814. The molecule has 0 aliphatic rings. The molecule has 12 heavy (non-hydrogen) atoms. The molecule has 0 saturated heterocycles. The van der Waals surface area contributed by atoms with Crippen LogP contribution in [0.2, 0.25) is 0 Å². The van der Waals surface area contributed by atoms with E-state index in [0.29, 0.717) is 5.56 Å². The van der Waals surface area contributed by atoms with Gasteiger partial charge in [-0.25, -0.2) is 0 Å². The summed E-state index contributed by atoms with van der Waals surface area (Å²) in [7, 11) is 0. The highest BCUT2D eigenvalue weighted by Gasteiger charge is 2.03. The van der Waals surface area contributed by atoms with Gasteiger partial charge in [-0.05, 0) is 40.5 Å². The van der Waals surface area contributed by atoms with Crippen molar-refractivity contribution in [2.45, 2.75) is 13.0 Å². The van der Waals surface area contributed by atoms with Gasteiger partial charge in [0.15, 0.2) is 0 Å². The first-order valence-electron chi connectivity index (χ1n) is 3.60. The Hall–Kier alpha value is -0.850. The van der Waals surface area contributed by atoms with Crippen molar-refractivity contribution in [1.29, 1.82) is 5.26 Å². The van der Waals surface area contributed by atoms with Crippen molar-refractivity contribution in [2.75, 3.05) is 0 Å². The van der Waals surface area contributed by atoms with Crippen molar-refractivity contribution in [1.82, 2.24) is 0 Å². The summed E-state index contributed by atoms with van der Waals surface area (Å²) in [5, 5.41) is 8.70. The van der Waals surface area contributed by atoms with E-state index >= 15 is 0 Å². The maximum Gasteiger partial charge on any atom is 0.100 e. The van der Waals surface area contributed by atoms with Crippen LogP contribution in [0, 0.1) is 11.3 Å². The highest BCUT2D eigenvalue weighted by atomic mass is 79.9. The monoisotopic (exact) mass is 224 g/mol. The quantitative estimate of drug-likeness (QED) is 0.797. The minimum atomic E-state index is -0.0230. The Morgan fingerprint density at radius 1 is 1.58 bits per heavy atom. The first-order valence-corrected chi connectivity index (χ1v) is 4.39. The lowest BCUT2D eigenvalue weighted by Crippen LogP contribution is -2.04. The summed E-state index contributed by atoms with van der Waals surface area (Å²) in [4.78, 5) is 0. The van der Waals surface area contributed by atoms with Gasteiger partial charge in [0.05, 0.1) is 5.56 Å². The van der Waals surface area contributed by atoms with Gasteiger partial charge in [0.25, 0.3) is 0 Å². The Labute approximate surface area is 80.1 Å². The number of benzene rings is 1. The van der Waals surface area contributed by atoms with Gasteiger partial charge in [-0.2, -0.15) is 5.26 Å².